The van der Waals surface area contributed by atoms with E-state index in [-0.39, 0.29) is 6.04 Å². The summed E-state index contributed by atoms with van der Waals surface area (Å²) in [6, 6.07) is 0.236. The number of nitrogens with one attached hydrogen (secondary N) is 2. The highest BCUT2D eigenvalue weighted by atomic mass is 32.2. The van der Waals surface area contributed by atoms with Gasteiger partial charge < -0.3 is 10.6 Å². The van der Waals surface area contributed by atoms with Crippen molar-refractivity contribution in [1.29, 1.82) is 0 Å². The maximum atomic E-state index is 3.79. The average Bonchev–Trinajstić information content (AvgIpc) is 2.62. The molecule has 0 radical (unpaired) electrons. The third-order valence-corrected chi connectivity index (χ3v) is 3.46. The molecule has 0 aliphatic carbocycles. The van der Waals surface area contributed by atoms with E-state index in [1.807, 2.05) is 31.8 Å². The number of thioether (sulfide) groups is 1. The standard InChI is InChI=1S/C10H16N2S/c1-4-6-9(11-3)10-12-7-8(5-2)13-10/h5,8-12H,2,7H2,1,3H3/t8-,9+,10?/m0/s1. The fourth-order valence-electron chi connectivity index (χ4n) is 1.31. The zero-order valence-corrected chi connectivity index (χ0v) is 8.95. The Morgan fingerprint density at radius 2 is 2.54 bits per heavy atom. The van der Waals surface area contributed by atoms with Crippen LogP contribution in [0.3, 0.4) is 0 Å². The second kappa shape index (κ2) is 5.33. The van der Waals surface area contributed by atoms with E-state index >= 15 is 0 Å². The van der Waals surface area contributed by atoms with E-state index in [2.05, 4.69) is 29.1 Å². The van der Waals surface area contributed by atoms with Crippen LogP contribution in [0.15, 0.2) is 12.7 Å². The predicted octanol–water partition coefficient (Wildman–Crippen LogP) is 0.815. The minimum atomic E-state index is 0.236. The predicted molar refractivity (Wildman–Crippen MR) is 59.7 cm³/mol. The molecule has 0 aromatic carbocycles. The van der Waals surface area contributed by atoms with Gasteiger partial charge >= 0.3 is 0 Å². The first-order valence-electron chi connectivity index (χ1n) is 4.42. The van der Waals surface area contributed by atoms with Crippen LogP contribution in [0.1, 0.15) is 6.92 Å². The van der Waals surface area contributed by atoms with Gasteiger partial charge in [0.25, 0.3) is 0 Å². The molecule has 0 aromatic rings. The Kier molecular flexibility index (Phi) is 4.37. The smallest absolute Gasteiger partial charge is 0.0937 e. The van der Waals surface area contributed by atoms with Gasteiger partial charge in [0.1, 0.15) is 0 Å². The maximum absolute atomic E-state index is 3.79. The van der Waals surface area contributed by atoms with Crippen LogP contribution < -0.4 is 10.6 Å². The Morgan fingerprint density at radius 1 is 1.77 bits per heavy atom. The molecule has 0 aromatic heterocycles. The van der Waals surface area contributed by atoms with E-state index in [1.54, 1.807) is 0 Å². The van der Waals surface area contributed by atoms with Crippen molar-refractivity contribution in [2.45, 2.75) is 23.6 Å². The number of rotatable bonds is 3. The third kappa shape index (κ3) is 2.77. The lowest BCUT2D eigenvalue weighted by atomic mass is 10.3. The Bertz CT molecular complexity index is 229. The van der Waals surface area contributed by atoms with Gasteiger partial charge in [0.15, 0.2) is 0 Å². The van der Waals surface area contributed by atoms with Crippen LogP contribution in [0, 0.1) is 11.8 Å². The molecule has 72 valence electrons. The molecular formula is C10H16N2S. The Balaban J connectivity index is 2.50. The maximum Gasteiger partial charge on any atom is 0.0937 e. The summed E-state index contributed by atoms with van der Waals surface area (Å²) in [7, 11) is 1.94. The summed E-state index contributed by atoms with van der Waals surface area (Å²) in [5.74, 6) is 6.08. The second-order valence-electron chi connectivity index (χ2n) is 2.90. The summed E-state index contributed by atoms with van der Waals surface area (Å²) in [6.07, 6.45) is 1.99. The van der Waals surface area contributed by atoms with E-state index in [9.17, 15) is 0 Å². The molecule has 0 saturated carbocycles. The average molecular weight is 196 g/mol. The van der Waals surface area contributed by atoms with E-state index < -0.39 is 0 Å². The van der Waals surface area contributed by atoms with Crippen molar-refractivity contribution in [3.05, 3.63) is 12.7 Å². The van der Waals surface area contributed by atoms with Crippen molar-refractivity contribution in [2.75, 3.05) is 13.6 Å². The van der Waals surface area contributed by atoms with Crippen LogP contribution >= 0.6 is 11.8 Å². The SMILES string of the molecule is C=C[C@H]1CNC([C@@H](C#CC)NC)S1. The molecule has 1 aliphatic heterocycles. The van der Waals surface area contributed by atoms with Gasteiger partial charge in [0.05, 0.1) is 11.4 Å². The minimum absolute atomic E-state index is 0.236. The number of hydrogen-bond donors (Lipinski definition) is 2. The summed E-state index contributed by atoms with van der Waals surface area (Å²) < 4.78 is 0. The fourth-order valence-corrected chi connectivity index (χ4v) is 2.54. The zero-order chi connectivity index (χ0) is 9.68. The van der Waals surface area contributed by atoms with Gasteiger partial charge in [-0.2, -0.15) is 0 Å². The molecule has 3 atom stereocenters. The summed E-state index contributed by atoms with van der Waals surface area (Å²) >= 11 is 1.89. The van der Waals surface area contributed by atoms with Crippen molar-refractivity contribution in [3.8, 4) is 11.8 Å². The largest absolute Gasteiger partial charge is 0.305 e. The van der Waals surface area contributed by atoms with Crippen molar-refractivity contribution in [3.63, 3.8) is 0 Å². The first-order valence-corrected chi connectivity index (χ1v) is 5.37. The van der Waals surface area contributed by atoms with Gasteiger partial charge in [0.2, 0.25) is 0 Å². The van der Waals surface area contributed by atoms with Crippen LogP contribution in [0.25, 0.3) is 0 Å². The molecule has 0 spiro atoms. The van der Waals surface area contributed by atoms with Gasteiger partial charge in [-0.3, -0.25) is 0 Å². The van der Waals surface area contributed by atoms with E-state index in [4.69, 9.17) is 0 Å². The monoisotopic (exact) mass is 196 g/mol. The van der Waals surface area contributed by atoms with Gasteiger partial charge in [-0.05, 0) is 14.0 Å². The number of likely N-dealkylation sites (N-methyl/N-ethyl adjacent to an activating group) is 1. The molecule has 1 rings (SSSR count). The Labute approximate surface area is 84.6 Å². The highest BCUT2D eigenvalue weighted by Gasteiger charge is 2.27. The molecule has 2 nitrogen and oxygen atoms in total. The Morgan fingerprint density at radius 3 is 3.00 bits per heavy atom. The second-order valence-corrected chi connectivity index (χ2v) is 4.29. The molecule has 2 N–H and O–H groups in total. The lowest BCUT2D eigenvalue weighted by Gasteiger charge is -2.16. The van der Waals surface area contributed by atoms with Crippen LogP contribution in [0.4, 0.5) is 0 Å². The molecule has 13 heavy (non-hydrogen) atoms. The molecule has 1 saturated heterocycles. The zero-order valence-electron chi connectivity index (χ0n) is 8.13. The molecule has 1 aliphatic rings. The lowest BCUT2D eigenvalue weighted by Crippen LogP contribution is -2.40. The summed E-state index contributed by atoms with van der Waals surface area (Å²) in [4.78, 5) is 0. The van der Waals surface area contributed by atoms with Crippen molar-refractivity contribution in [1.82, 2.24) is 10.6 Å². The minimum Gasteiger partial charge on any atom is -0.305 e. The van der Waals surface area contributed by atoms with Gasteiger partial charge in [-0.1, -0.05) is 12.0 Å². The number of hydrogen-bond acceptors (Lipinski definition) is 3. The van der Waals surface area contributed by atoms with Crippen LogP contribution in [-0.2, 0) is 0 Å². The van der Waals surface area contributed by atoms with Gasteiger partial charge in [-0.25, -0.2) is 0 Å². The molecule has 3 heteroatoms. The third-order valence-electron chi connectivity index (χ3n) is 2.02. The summed E-state index contributed by atoms with van der Waals surface area (Å²) in [5, 5.41) is 7.54. The summed E-state index contributed by atoms with van der Waals surface area (Å²) in [6.45, 7) is 6.66. The van der Waals surface area contributed by atoms with Gasteiger partial charge in [0, 0.05) is 11.8 Å². The first-order chi connectivity index (χ1) is 6.31. The highest BCUT2D eigenvalue weighted by Crippen LogP contribution is 2.24. The molecule has 0 bridgehead atoms. The van der Waals surface area contributed by atoms with Crippen LogP contribution in [-0.4, -0.2) is 30.3 Å². The van der Waals surface area contributed by atoms with Crippen molar-refractivity contribution < 1.29 is 0 Å². The molecule has 1 fully saturated rings. The summed E-state index contributed by atoms with van der Waals surface area (Å²) in [5.41, 5.74) is 0. The van der Waals surface area contributed by atoms with Crippen LogP contribution in [0.5, 0.6) is 0 Å². The highest BCUT2D eigenvalue weighted by molar-refractivity contribution is 8.01. The normalized spacial score (nSPS) is 29.1. The van der Waals surface area contributed by atoms with E-state index in [1.165, 1.54) is 0 Å². The fraction of sp³-hybridized carbons (Fsp3) is 0.600. The molecule has 1 unspecified atom stereocenters. The van der Waals surface area contributed by atoms with Crippen molar-refractivity contribution in [2.24, 2.45) is 0 Å². The van der Waals surface area contributed by atoms with Gasteiger partial charge in [-0.15, -0.1) is 24.3 Å². The van der Waals surface area contributed by atoms with E-state index in [0.717, 1.165) is 6.54 Å². The molecule has 0 amide bonds. The quantitative estimate of drug-likeness (QED) is 0.516. The molecular weight excluding hydrogens is 180 g/mol. The first kappa shape index (κ1) is 10.6. The van der Waals surface area contributed by atoms with E-state index in [0.29, 0.717) is 10.6 Å². The van der Waals surface area contributed by atoms with Crippen LogP contribution in [0.2, 0.25) is 0 Å². The molecule has 1 heterocycles. The van der Waals surface area contributed by atoms with Crippen molar-refractivity contribution >= 4 is 11.8 Å². The lowest BCUT2D eigenvalue weighted by molar-refractivity contribution is 0.583. The topological polar surface area (TPSA) is 24.1 Å². The Hall–Kier alpha value is -0.430.